The summed E-state index contributed by atoms with van der Waals surface area (Å²) < 4.78 is 5.04. The Labute approximate surface area is 145 Å². The predicted octanol–water partition coefficient (Wildman–Crippen LogP) is 2.37. The Morgan fingerprint density at radius 2 is 1.92 bits per heavy atom. The van der Waals surface area contributed by atoms with Crippen LogP contribution in [0.25, 0.3) is 0 Å². The summed E-state index contributed by atoms with van der Waals surface area (Å²) in [5.74, 6) is 0.794. The van der Waals surface area contributed by atoms with Gasteiger partial charge in [0.1, 0.15) is 0 Å². The predicted molar refractivity (Wildman–Crippen MR) is 99.2 cm³/mol. The standard InChI is InChI=1S/C18H30N4O2/c1-5-19-18(20-11-6-12-24-4)21-13-15-7-9-16(10-8-15)22-17(23)14(2)3/h7-10,14H,5-6,11-13H2,1-4H3,(H,22,23)(H2,19,20,21). The van der Waals surface area contributed by atoms with E-state index in [1.807, 2.05) is 45.0 Å². The summed E-state index contributed by atoms with van der Waals surface area (Å²) in [6.45, 7) is 8.74. The Balaban J connectivity index is 2.54. The van der Waals surface area contributed by atoms with E-state index in [4.69, 9.17) is 4.74 Å². The quantitative estimate of drug-likeness (QED) is 0.368. The highest BCUT2D eigenvalue weighted by Crippen LogP contribution is 2.11. The maximum Gasteiger partial charge on any atom is 0.226 e. The average Bonchev–Trinajstić information content (AvgIpc) is 2.57. The van der Waals surface area contributed by atoms with E-state index >= 15 is 0 Å². The molecule has 0 bridgehead atoms. The molecule has 0 saturated carbocycles. The first-order chi connectivity index (χ1) is 11.6. The molecule has 6 heteroatoms. The smallest absolute Gasteiger partial charge is 0.226 e. The summed E-state index contributed by atoms with van der Waals surface area (Å²) in [4.78, 5) is 16.2. The Bertz CT molecular complexity index is 512. The van der Waals surface area contributed by atoms with E-state index in [1.165, 1.54) is 0 Å². The van der Waals surface area contributed by atoms with Gasteiger partial charge in [-0.3, -0.25) is 4.79 Å². The number of benzene rings is 1. The first-order valence-corrected chi connectivity index (χ1v) is 8.47. The minimum Gasteiger partial charge on any atom is -0.385 e. The van der Waals surface area contributed by atoms with Crippen molar-refractivity contribution in [1.29, 1.82) is 0 Å². The lowest BCUT2D eigenvalue weighted by atomic mass is 10.2. The number of anilines is 1. The molecule has 0 radical (unpaired) electrons. The number of ether oxygens (including phenoxy) is 1. The van der Waals surface area contributed by atoms with Crippen LogP contribution in [0.1, 0.15) is 32.8 Å². The third-order valence-corrected chi connectivity index (χ3v) is 3.33. The zero-order valence-corrected chi connectivity index (χ0v) is 15.2. The van der Waals surface area contributed by atoms with Crippen molar-refractivity contribution in [1.82, 2.24) is 10.6 Å². The zero-order chi connectivity index (χ0) is 17.8. The molecule has 1 amide bonds. The maximum atomic E-state index is 11.7. The second-order valence-electron chi connectivity index (χ2n) is 5.81. The Morgan fingerprint density at radius 3 is 2.50 bits per heavy atom. The van der Waals surface area contributed by atoms with Gasteiger partial charge in [-0.2, -0.15) is 0 Å². The number of amides is 1. The highest BCUT2D eigenvalue weighted by Gasteiger charge is 2.06. The summed E-state index contributed by atoms with van der Waals surface area (Å²) in [5, 5.41) is 9.38. The molecule has 0 unspecified atom stereocenters. The summed E-state index contributed by atoms with van der Waals surface area (Å²) >= 11 is 0. The van der Waals surface area contributed by atoms with Crippen LogP contribution >= 0.6 is 0 Å². The van der Waals surface area contributed by atoms with E-state index < -0.39 is 0 Å². The fourth-order valence-corrected chi connectivity index (χ4v) is 1.92. The van der Waals surface area contributed by atoms with Gasteiger partial charge in [0, 0.05) is 38.4 Å². The minimum absolute atomic E-state index is 0.0236. The molecule has 24 heavy (non-hydrogen) atoms. The Morgan fingerprint density at radius 1 is 1.21 bits per heavy atom. The van der Waals surface area contributed by atoms with Crippen LogP contribution in [0, 0.1) is 5.92 Å². The van der Waals surface area contributed by atoms with Gasteiger partial charge in [0.25, 0.3) is 0 Å². The normalized spacial score (nSPS) is 11.5. The second-order valence-corrected chi connectivity index (χ2v) is 5.81. The first-order valence-electron chi connectivity index (χ1n) is 8.47. The first kappa shape index (κ1) is 20.0. The average molecular weight is 334 g/mol. The molecule has 0 aliphatic carbocycles. The number of rotatable bonds is 9. The molecule has 0 fully saturated rings. The number of aliphatic imine (C=N–C) groups is 1. The van der Waals surface area contributed by atoms with Crippen molar-refractivity contribution in [3.05, 3.63) is 29.8 Å². The van der Waals surface area contributed by atoms with Crippen LogP contribution in [-0.2, 0) is 16.1 Å². The summed E-state index contributed by atoms with van der Waals surface area (Å²) in [5.41, 5.74) is 1.90. The Kier molecular flexibility index (Phi) is 9.53. The van der Waals surface area contributed by atoms with Gasteiger partial charge in [-0.05, 0) is 31.0 Å². The van der Waals surface area contributed by atoms with E-state index in [9.17, 15) is 4.79 Å². The van der Waals surface area contributed by atoms with Gasteiger partial charge in [0.2, 0.25) is 5.91 Å². The molecule has 0 heterocycles. The number of carbonyl (C=O) groups is 1. The third kappa shape index (κ3) is 7.97. The van der Waals surface area contributed by atoms with E-state index in [-0.39, 0.29) is 11.8 Å². The van der Waals surface area contributed by atoms with Crippen molar-refractivity contribution in [3.8, 4) is 0 Å². The molecule has 0 atom stereocenters. The van der Waals surface area contributed by atoms with Gasteiger partial charge in [-0.1, -0.05) is 26.0 Å². The molecular formula is C18H30N4O2. The van der Waals surface area contributed by atoms with Gasteiger partial charge < -0.3 is 20.7 Å². The summed E-state index contributed by atoms with van der Waals surface area (Å²) in [7, 11) is 1.70. The van der Waals surface area contributed by atoms with Gasteiger partial charge >= 0.3 is 0 Å². The van der Waals surface area contributed by atoms with E-state index in [0.717, 1.165) is 43.3 Å². The molecule has 1 aromatic carbocycles. The molecule has 1 rings (SSSR count). The molecular weight excluding hydrogens is 304 g/mol. The van der Waals surface area contributed by atoms with E-state index in [2.05, 4.69) is 20.9 Å². The SMILES string of the molecule is CCNC(=NCc1ccc(NC(=O)C(C)C)cc1)NCCCOC. The molecule has 0 saturated heterocycles. The van der Waals surface area contributed by atoms with Crippen LogP contribution in [0.2, 0.25) is 0 Å². The number of nitrogens with one attached hydrogen (secondary N) is 3. The molecule has 0 aromatic heterocycles. The number of guanidine groups is 1. The topological polar surface area (TPSA) is 74.8 Å². The van der Waals surface area contributed by atoms with E-state index in [0.29, 0.717) is 6.54 Å². The van der Waals surface area contributed by atoms with Crippen molar-refractivity contribution in [2.45, 2.75) is 33.7 Å². The monoisotopic (exact) mass is 334 g/mol. The number of methoxy groups -OCH3 is 1. The van der Waals surface area contributed by atoms with Crippen molar-refractivity contribution >= 4 is 17.6 Å². The van der Waals surface area contributed by atoms with Crippen LogP contribution in [0.5, 0.6) is 0 Å². The van der Waals surface area contributed by atoms with Crippen molar-refractivity contribution in [2.24, 2.45) is 10.9 Å². The molecule has 0 spiro atoms. The lowest BCUT2D eigenvalue weighted by Crippen LogP contribution is -2.38. The van der Waals surface area contributed by atoms with Crippen LogP contribution in [0.15, 0.2) is 29.3 Å². The fourth-order valence-electron chi connectivity index (χ4n) is 1.92. The van der Waals surface area contributed by atoms with Crippen molar-refractivity contribution < 1.29 is 9.53 Å². The van der Waals surface area contributed by atoms with Gasteiger partial charge in [0.15, 0.2) is 5.96 Å². The molecule has 134 valence electrons. The second kappa shape index (κ2) is 11.5. The van der Waals surface area contributed by atoms with Crippen molar-refractivity contribution in [2.75, 3.05) is 32.1 Å². The zero-order valence-electron chi connectivity index (χ0n) is 15.2. The Hall–Kier alpha value is -2.08. The van der Waals surface area contributed by atoms with Crippen LogP contribution < -0.4 is 16.0 Å². The van der Waals surface area contributed by atoms with E-state index in [1.54, 1.807) is 7.11 Å². The lowest BCUT2D eigenvalue weighted by molar-refractivity contribution is -0.118. The number of hydrogen-bond acceptors (Lipinski definition) is 3. The summed E-state index contributed by atoms with van der Waals surface area (Å²) in [6.07, 6.45) is 0.936. The van der Waals surface area contributed by atoms with Gasteiger partial charge in [-0.15, -0.1) is 0 Å². The maximum absolute atomic E-state index is 11.7. The minimum atomic E-state index is -0.0267. The molecule has 3 N–H and O–H groups in total. The largest absolute Gasteiger partial charge is 0.385 e. The number of carbonyl (C=O) groups excluding carboxylic acids is 1. The molecule has 1 aromatic rings. The van der Waals surface area contributed by atoms with Gasteiger partial charge in [0.05, 0.1) is 6.54 Å². The van der Waals surface area contributed by atoms with Crippen molar-refractivity contribution in [3.63, 3.8) is 0 Å². The van der Waals surface area contributed by atoms with Gasteiger partial charge in [-0.25, -0.2) is 4.99 Å². The van der Waals surface area contributed by atoms with Crippen LogP contribution in [0.4, 0.5) is 5.69 Å². The van der Waals surface area contributed by atoms with Crippen LogP contribution in [0.3, 0.4) is 0 Å². The number of nitrogens with zero attached hydrogens (tertiary/aromatic N) is 1. The lowest BCUT2D eigenvalue weighted by Gasteiger charge is -2.11. The fraction of sp³-hybridized carbons (Fsp3) is 0.556. The number of hydrogen-bond donors (Lipinski definition) is 3. The molecule has 6 nitrogen and oxygen atoms in total. The molecule has 0 aliphatic heterocycles. The highest BCUT2D eigenvalue weighted by atomic mass is 16.5. The third-order valence-electron chi connectivity index (χ3n) is 3.33. The molecule has 0 aliphatic rings. The van der Waals surface area contributed by atoms with Crippen LogP contribution in [-0.4, -0.2) is 38.7 Å². The highest BCUT2D eigenvalue weighted by molar-refractivity contribution is 5.92. The summed E-state index contributed by atoms with van der Waals surface area (Å²) in [6, 6.07) is 7.77.